The van der Waals surface area contributed by atoms with Crippen LogP contribution in [-0.4, -0.2) is 27.4 Å². The lowest BCUT2D eigenvalue weighted by Crippen LogP contribution is -2.23. The van der Waals surface area contributed by atoms with Crippen molar-refractivity contribution in [2.45, 2.75) is 32.8 Å². The molecule has 0 aliphatic heterocycles. The van der Waals surface area contributed by atoms with Gasteiger partial charge in [0.15, 0.2) is 5.13 Å². The summed E-state index contributed by atoms with van der Waals surface area (Å²) in [5, 5.41) is 14.5. The molecule has 1 aromatic heterocycles. The molecule has 0 saturated carbocycles. The van der Waals surface area contributed by atoms with E-state index in [-0.39, 0.29) is 11.4 Å². The Labute approximate surface area is 103 Å². The Hall–Kier alpha value is -1.63. The van der Waals surface area contributed by atoms with E-state index < -0.39 is 11.6 Å². The summed E-state index contributed by atoms with van der Waals surface area (Å²) in [7, 11) is 0. The van der Waals surface area contributed by atoms with E-state index >= 15 is 0 Å². The maximum absolute atomic E-state index is 11.0. The highest BCUT2D eigenvalue weighted by Crippen LogP contribution is 2.16. The van der Waals surface area contributed by atoms with Gasteiger partial charge in [-0.3, -0.25) is 0 Å². The number of hydrogen-bond acceptors (Lipinski definition) is 6. The second-order valence-corrected chi connectivity index (χ2v) is 4.91. The largest absolute Gasteiger partial charge is 0.476 e. The first-order valence-corrected chi connectivity index (χ1v) is 5.94. The molecule has 1 heterocycles. The second-order valence-electron chi connectivity index (χ2n) is 4.02. The van der Waals surface area contributed by atoms with Crippen LogP contribution < -0.4 is 5.73 Å². The van der Waals surface area contributed by atoms with E-state index in [0.29, 0.717) is 11.6 Å². The highest BCUT2D eigenvalue weighted by Gasteiger charge is 2.21. The minimum atomic E-state index is -1.19. The fourth-order valence-electron chi connectivity index (χ4n) is 0.826. The first kappa shape index (κ1) is 13.4. The van der Waals surface area contributed by atoms with Gasteiger partial charge in [-0.05, 0) is 20.3 Å². The minimum absolute atomic E-state index is 0.215. The van der Waals surface area contributed by atoms with Crippen molar-refractivity contribution >= 4 is 28.1 Å². The molecule has 94 valence electrons. The van der Waals surface area contributed by atoms with Gasteiger partial charge in [0.25, 0.3) is 0 Å². The number of thiazole rings is 1. The van der Waals surface area contributed by atoms with Crippen LogP contribution >= 0.6 is 11.3 Å². The molecule has 0 radical (unpaired) electrons. The van der Waals surface area contributed by atoms with Crippen molar-refractivity contribution in [3.8, 4) is 0 Å². The SMILES string of the molecule is CCC(C)(C)ON=C(C(=O)O)c1csc(N)n1. The van der Waals surface area contributed by atoms with Gasteiger partial charge in [-0.25, -0.2) is 9.78 Å². The summed E-state index contributed by atoms with van der Waals surface area (Å²) >= 11 is 1.16. The van der Waals surface area contributed by atoms with Crippen LogP contribution in [0.2, 0.25) is 0 Å². The number of carboxylic acids is 1. The molecule has 0 spiro atoms. The average Bonchev–Trinajstić information content (AvgIpc) is 2.64. The number of carboxylic acid groups (broad SMARTS) is 1. The van der Waals surface area contributed by atoms with E-state index in [4.69, 9.17) is 15.7 Å². The van der Waals surface area contributed by atoms with Crippen molar-refractivity contribution in [1.29, 1.82) is 0 Å². The molecular formula is C10H15N3O3S. The number of nitrogen functional groups attached to an aromatic ring is 1. The zero-order valence-electron chi connectivity index (χ0n) is 9.93. The fourth-order valence-corrected chi connectivity index (χ4v) is 1.37. The van der Waals surface area contributed by atoms with Gasteiger partial charge in [0.05, 0.1) is 0 Å². The fraction of sp³-hybridized carbons (Fsp3) is 0.500. The Morgan fingerprint density at radius 2 is 2.35 bits per heavy atom. The zero-order valence-corrected chi connectivity index (χ0v) is 10.7. The van der Waals surface area contributed by atoms with Crippen LogP contribution in [0.3, 0.4) is 0 Å². The second kappa shape index (κ2) is 5.13. The first-order valence-electron chi connectivity index (χ1n) is 5.06. The predicted octanol–water partition coefficient (Wildman–Crippen LogP) is 1.72. The monoisotopic (exact) mass is 257 g/mol. The topological polar surface area (TPSA) is 97.8 Å². The summed E-state index contributed by atoms with van der Waals surface area (Å²) in [6.45, 7) is 5.58. The number of anilines is 1. The Morgan fingerprint density at radius 1 is 1.71 bits per heavy atom. The number of carbonyl (C=O) groups is 1. The van der Waals surface area contributed by atoms with E-state index in [9.17, 15) is 4.79 Å². The Kier molecular flexibility index (Phi) is 4.06. The molecule has 3 N–H and O–H groups in total. The lowest BCUT2D eigenvalue weighted by Gasteiger charge is -2.19. The van der Waals surface area contributed by atoms with Crippen LogP contribution in [0.5, 0.6) is 0 Å². The van der Waals surface area contributed by atoms with Crippen molar-refractivity contribution in [2.24, 2.45) is 5.16 Å². The third kappa shape index (κ3) is 3.70. The number of hydrogen-bond donors (Lipinski definition) is 2. The maximum Gasteiger partial charge on any atom is 0.360 e. The summed E-state index contributed by atoms with van der Waals surface area (Å²) < 4.78 is 0. The lowest BCUT2D eigenvalue weighted by molar-refractivity contribution is -0.129. The van der Waals surface area contributed by atoms with Crippen LogP contribution in [0.15, 0.2) is 10.5 Å². The van der Waals surface area contributed by atoms with Crippen LogP contribution in [-0.2, 0) is 9.63 Å². The number of oxime groups is 1. The molecule has 0 aliphatic carbocycles. The molecule has 1 aromatic rings. The van der Waals surface area contributed by atoms with E-state index in [0.717, 1.165) is 11.3 Å². The van der Waals surface area contributed by atoms with Crippen LogP contribution in [0.25, 0.3) is 0 Å². The third-order valence-electron chi connectivity index (χ3n) is 2.20. The minimum Gasteiger partial charge on any atom is -0.476 e. The Bertz CT molecular complexity index is 440. The predicted molar refractivity (Wildman–Crippen MR) is 66.2 cm³/mol. The number of nitrogens with zero attached hydrogens (tertiary/aromatic N) is 2. The van der Waals surface area contributed by atoms with Crippen LogP contribution in [0, 0.1) is 0 Å². The summed E-state index contributed by atoms with van der Waals surface area (Å²) in [4.78, 5) is 20.1. The molecule has 0 aliphatic rings. The van der Waals surface area contributed by atoms with Crippen LogP contribution in [0.1, 0.15) is 32.9 Å². The van der Waals surface area contributed by atoms with Crippen molar-refractivity contribution < 1.29 is 14.7 Å². The smallest absolute Gasteiger partial charge is 0.360 e. The molecule has 0 bridgehead atoms. The van der Waals surface area contributed by atoms with Gasteiger partial charge < -0.3 is 15.7 Å². The number of aliphatic carboxylic acids is 1. The number of rotatable bonds is 5. The number of aromatic nitrogens is 1. The summed E-state index contributed by atoms with van der Waals surface area (Å²) in [5.41, 5.74) is 4.91. The molecule has 0 amide bonds. The highest BCUT2D eigenvalue weighted by molar-refractivity contribution is 7.13. The van der Waals surface area contributed by atoms with Crippen LogP contribution in [0.4, 0.5) is 5.13 Å². The van der Waals surface area contributed by atoms with Gasteiger partial charge in [-0.1, -0.05) is 12.1 Å². The normalized spacial score (nSPS) is 12.5. The summed E-state index contributed by atoms with van der Waals surface area (Å²) in [5.74, 6) is -1.19. The van der Waals surface area contributed by atoms with E-state index in [2.05, 4.69) is 10.1 Å². The Morgan fingerprint density at radius 3 is 2.76 bits per heavy atom. The molecule has 0 fully saturated rings. The molecule has 0 aromatic carbocycles. The highest BCUT2D eigenvalue weighted by atomic mass is 32.1. The molecule has 7 heteroatoms. The van der Waals surface area contributed by atoms with Crippen molar-refractivity contribution in [3.63, 3.8) is 0 Å². The summed E-state index contributed by atoms with van der Waals surface area (Å²) in [6.07, 6.45) is 0.711. The number of nitrogens with two attached hydrogens (primary N) is 1. The van der Waals surface area contributed by atoms with E-state index in [1.807, 2.05) is 20.8 Å². The molecule has 6 nitrogen and oxygen atoms in total. The molecule has 1 rings (SSSR count). The van der Waals surface area contributed by atoms with Gasteiger partial charge in [0, 0.05) is 5.38 Å². The van der Waals surface area contributed by atoms with Gasteiger partial charge in [-0.15, -0.1) is 11.3 Å². The lowest BCUT2D eigenvalue weighted by atomic mass is 10.1. The first-order chi connectivity index (χ1) is 7.85. The molecular weight excluding hydrogens is 242 g/mol. The quantitative estimate of drug-likeness (QED) is 0.618. The molecule has 0 atom stereocenters. The van der Waals surface area contributed by atoms with Crippen molar-refractivity contribution in [3.05, 3.63) is 11.1 Å². The van der Waals surface area contributed by atoms with Gasteiger partial charge in [-0.2, -0.15) is 0 Å². The third-order valence-corrected chi connectivity index (χ3v) is 2.88. The molecule has 17 heavy (non-hydrogen) atoms. The summed E-state index contributed by atoms with van der Waals surface area (Å²) in [6, 6.07) is 0. The Balaban J connectivity index is 2.95. The average molecular weight is 257 g/mol. The molecule has 0 saturated heterocycles. The van der Waals surface area contributed by atoms with Gasteiger partial charge in [0.1, 0.15) is 11.3 Å². The van der Waals surface area contributed by atoms with Crippen molar-refractivity contribution in [2.75, 3.05) is 5.73 Å². The zero-order chi connectivity index (χ0) is 13.1. The van der Waals surface area contributed by atoms with E-state index in [1.54, 1.807) is 0 Å². The van der Waals surface area contributed by atoms with E-state index in [1.165, 1.54) is 5.38 Å². The van der Waals surface area contributed by atoms with Gasteiger partial charge in [0.2, 0.25) is 5.71 Å². The standard InChI is InChI=1S/C10H15N3O3S/c1-4-10(2,3)16-13-7(8(14)15)6-5-17-9(11)12-6/h5H,4H2,1-3H3,(H2,11,12)(H,14,15). The molecule has 0 unspecified atom stereocenters. The van der Waals surface area contributed by atoms with Crippen molar-refractivity contribution in [1.82, 2.24) is 4.98 Å². The maximum atomic E-state index is 11.0. The van der Waals surface area contributed by atoms with Gasteiger partial charge >= 0.3 is 5.97 Å².